The molecule has 0 bridgehead atoms. The Morgan fingerprint density at radius 1 is 1.17 bits per heavy atom. The number of carbonyl (C=O) groups is 3. The molecule has 1 fully saturated rings. The summed E-state index contributed by atoms with van der Waals surface area (Å²) in [6.45, 7) is 3.29. The summed E-state index contributed by atoms with van der Waals surface area (Å²) in [4.78, 5) is 36.9. The Labute approximate surface area is 133 Å². The van der Waals surface area contributed by atoms with Crippen molar-refractivity contribution in [2.24, 2.45) is 0 Å². The standard InChI is InChI=1S/C16H18FNO5/c1-3-22-14(20)16(15(21)23-4-2)12(9-13(19)18-16)10-5-7-11(17)8-6-10/h5-8,12H,3-4,9H2,1-2H3,(H,18,19). The average Bonchev–Trinajstić information content (AvgIpc) is 2.87. The van der Waals surface area contributed by atoms with Gasteiger partial charge in [-0.1, -0.05) is 12.1 Å². The van der Waals surface area contributed by atoms with Gasteiger partial charge in [-0.15, -0.1) is 0 Å². The third kappa shape index (κ3) is 3.04. The summed E-state index contributed by atoms with van der Waals surface area (Å²) in [5.74, 6) is -3.50. The third-order valence-electron chi connectivity index (χ3n) is 3.72. The SMILES string of the molecule is CCOC(=O)C1(C(=O)OCC)NC(=O)CC1c1ccc(F)cc1. The number of hydrogen-bond donors (Lipinski definition) is 1. The van der Waals surface area contributed by atoms with E-state index in [-0.39, 0.29) is 19.6 Å². The van der Waals surface area contributed by atoms with Gasteiger partial charge in [0, 0.05) is 12.3 Å². The first-order valence-electron chi connectivity index (χ1n) is 7.36. The molecule has 1 aliphatic rings. The highest BCUT2D eigenvalue weighted by Gasteiger charge is 2.61. The minimum Gasteiger partial charge on any atom is -0.464 e. The van der Waals surface area contributed by atoms with Gasteiger partial charge in [-0.25, -0.2) is 14.0 Å². The van der Waals surface area contributed by atoms with E-state index in [2.05, 4.69) is 5.32 Å². The fourth-order valence-electron chi connectivity index (χ4n) is 2.72. The van der Waals surface area contributed by atoms with E-state index in [4.69, 9.17) is 9.47 Å². The average molecular weight is 323 g/mol. The quantitative estimate of drug-likeness (QED) is 0.652. The molecule has 1 aromatic rings. The number of nitrogens with one attached hydrogen (secondary N) is 1. The molecule has 124 valence electrons. The maximum absolute atomic E-state index is 13.1. The van der Waals surface area contributed by atoms with Gasteiger partial charge < -0.3 is 14.8 Å². The van der Waals surface area contributed by atoms with Gasteiger partial charge >= 0.3 is 11.9 Å². The van der Waals surface area contributed by atoms with Gasteiger partial charge in [0.2, 0.25) is 11.4 Å². The normalized spacial score (nSPS) is 19.1. The minimum absolute atomic E-state index is 0.0476. The second-order valence-electron chi connectivity index (χ2n) is 5.11. The van der Waals surface area contributed by atoms with Gasteiger partial charge in [-0.2, -0.15) is 0 Å². The summed E-state index contributed by atoms with van der Waals surface area (Å²) in [5.41, 5.74) is -1.47. The molecule has 1 amide bonds. The van der Waals surface area contributed by atoms with Crippen molar-refractivity contribution in [3.05, 3.63) is 35.6 Å². The lowest BCUT2D eigenvalue weighted by atomic mass is 9.80. The number of benzene rings is 1. The molecule has 0 aromatic heterocycles. The number of carbonyl (C=O) groups excluding carboxylic acids is 3. The van der Waals surface area contributed by atoms with Crippen molar-refractivity contribution in [2.45, 2.75) is 31.7 Å². The van der Waals surface area contributed by atoms with Gasteiger partial charge in [-0.3, -0.25) is 4.79 Å². The number of amides is 1. The van der Waals surface area contributed by atoms with E-state index in [0.29, 0.717) is 5.56 Å². The van der Waals surface area contributed by atoms with Gasteiger partial charge in [-0.05, 0) is 31.5 Å². The summed E-state index contributed by atoms with van der Waals surface area (Å²) < 4.78 is 23.1. The Balaban J connectivity index is 2.51. The summed E-state index contributed by atoms with van der Waals surface area (Å²) >= 11 is 0. The molecule has 1 N–H and O–H groups in total. The van der Waals surface area contributed by atoms with Crippen LogP contribution >= 0.6 is 0 Å². The minimum atomic E-state index is -1.94. The zero-order valence-corrected chi connectivity index (χ0v) is 12.9. The number of halogens is 1. The van der Waals surface area contributed by atoms with E-state index >= 15 is 0 Å². The van der Waals surface area contributed by atoms with Crippen LogP contribution in [-0.2, 0) is 23.9 Å². The zero-order chi connectivity index (χ0) is 17.0. The highest BCUT2D eigenvalue weighted by molar-refractivity contribution is 6.11. The van der Waals surface area contributed by atoms with E-state index in [1.807, 2.05) is 0 Å². The third-order valence-corrected chi connectivity index (χ3v) is 3.72. The largest absolute Gasteiger partial charge is 0.464 e. The van der Waals surface area contributed by atoms with Crippen molar-refractivity contribution in [3.8, 4) is 0 Å². The van der Waals surface area contributed by atoms with Crippen molar-refractivity contribution in [1.29, 1.82) is 0 Å². The molecule has 23 heavy (non-hydrogen) atoms. The summed E-state index contributed by atoms with van der Waals surface area (Å²) in [6.07, 6.45) is -0.0940. The molecule has 6 nitrogen and oxygen atoms in total. The Morgan fingerprint density at radius 2 is 1.70 bits per heavy atom. The molecule has 1 atom stereocenters. The van der Waals surface area contributed by atoms with Crippen LogP contribution in [0.2, 0.25) is 0 Å². The predicted molar refractivity (Wildman–Crippen MR) is 77.9 cm³/mol. The molecule has 1 heterocycles. The highest BCUT2D eigenvalue weighted by atomic mass is 19.1. The Bertz CT molecular complexity index is 595. The molecule has 1 saturated heterocycles. The molecule has 1 unspecified atom stereocenters. The molecular formula is C16H18FNO5. The summed E-state index contributed by atoms with van der Waals surface area (Å²) in [6, 6.07) is 5.29. The van der Waals surface area contributed by atoms with E-state index < -0.39 is 35.1 Å². The van der Waals surface area contributed by atoms with Crippen LogP contribution in [0.3, 0.4) is 0 Å². The maximum Gasteiger partial charge on any atom is 0.344 e. The van der Waals surface area contributed by atoms with Crippen LogP contribution in [0.25, 0.3) is 0 Å². The van der Waals surface area contributed by atoms with Crippen LogP contribution < -0.4 is 5.32 Å². The van der Waals surface area contributed by atoms with Gasteiger partial charge in [0.15, 0.2) is 0 Å². The molecule has 0 radical (unpaired) electrons. The van der Waals surface area contributed by atoms with Gasteiger partial charge in [0.05, 0.1) is 13.2 Å². The smallest absolute Gasteiger partial charge is 0.344 e. The first kappa shape index (κ1) is 16.9. The topological polar surface area (TPSA) is 81.7 Å². The lowest BCUT2D eigenvalue weighted by molar-refractivity contribution is -0.167. The zero-order valence-electron chi connectivity index (χ0n) is 12.9. The van der Waals surface area contributed by atoms with Crippen LogP contribution in [0.1, 0.15) is 31.7 Å². The Morgan fingerprint density at radius 3 is 2.17 bits per heavy atom. The number of hydrogen-bond acceptors (Lipinski definition) is 5. The fourth-order valence-corrected chi connectivity index (χ4v) is 2.72. The van der Waals surface area contributed by atoms with Crippen molar-refractivity contribution in [3.63, 3.8) is 0 Å². The van der Waals surface area contributed by atoms with Gasteiger partial charge in [0.1, 0.15) is 5.82 Å². The first-order chi connectivity index (χ1) is 11.0. The monoisotopic (exact) mass is 323 g/mol. The second kappa shape index (κ2) is 6.76. The van der Waals surface area contributed by atoms with E-state index in [0.717, 1.165) is 0 Å². The second-order valence-corrected chi connectivity index (χ2v) is 5.11. The lowest BCUT2D eigenvalue weighted by Crippen LogP contribution is -2.59. The fraction of sp³-hybridized carbons (Fsp3) is 0.438. The summed E-state index contributed by atoms with van der Waals surface area (Å²) in [7, 11) is 0. The Hall–Kier alpha value is -2.44. The molecule has 1 aromatic carbocycles. The highest BCUT2D eigenvalue weighted by Crippen LogP contribution is 2.38. The lowest BCUT2D eigenvalue weighted by Gasteiger charge is -2.30. The molecule has 0 aliphatic carbocycles. The van der Waals surface area contributed by atoms with Crippen LogP contribution in [0.4, 0.5) is 4.39 Å². The molecule has 0 spiro atoms. The van der Waals surface area contributed by atoms with Gasteiger partial charge in [0.25, 0.3) is 0 Å². The molecule has 0 saturated carbocycles. The first-order valence-corrected chi connectivity index (χ1v) is 7.36. The van der Waals surface area contributed by atoms with E-state index in [9.17, 15) is 18.8 Å². The number of rotatable bonds is 5. The predicted octanol–water partition coefficient (Wildman–Crippen LogP) is 1.29. The van der Waals surface area contributed by atoms with Crippen LogP contribution in [0.5, 0.6) is 0 Å². The summed E-state index contributed by atoms with van der Waals surface area (Å²) in [5, 5.41) is 2.42. The number of esters is 2. The van der Waals surface area contributed by atoms with Crippen molar-refractivity contribution in [2.75, 3.05) is 13.2 Å². The molecule has 1 aliphatic heterocycles. The van der Waals surface area contributed by atoms with E-state index in [1.54, 1.807) is 13.8 Å². The number of ether oxygens (including phenoxy) is 2. The van der Waals surface area contributed by atoms with E-state index in [1.165, 1.54) is 24.3 Å². The van der Waals surface area contributed by atoms with Crippen LogP contribution in [0, 0.1) is 5.82 Å². The maximum atomic E-state index is 13.1. The van der Waals surface area contributed by atoms with Crippen molar-refractivity contribution >= 4 is 17.8 Å². The van der Waals surface area contributed by atoms with Crippen molar-refractivity contribution in [1.82, 2.24) is 5.32 Å². The van der Waals surface area contributed by atoms with Crippen LogP contribution in [-0.4, -0.2) is 36.6 Å². The molecule has 2 rings (SSSR count). The molecular weight excluding hydrogens is 305 g/mol. The van der Waals surface area contributed by atoms with Crippen molar-refractivity contribution < 1.29 is 28.2 Å². The van der Waals surface area contributed by atoms with Crippen LogP contribution in [0.15, 0.2) is 24.3 Å². The Kier molecular flexibility index (Phi) is 4.98. The molecule has 7 heteroatoms.